The molecule has 1 aromatic rings. The van der Waals surface area contributed by atoms with E-state index in [1.54, 1.807) is 14.2 Å². The van der Waals surface area contributed by atoms with Crippen LogP contribution in [0.15, 0.2) is 18.2 Å². The molecule has 4 nitrogen and oxygen atoms in total. The highest BCUT2D eigenvalue weighted by Gasteiger charge is 2.14. The van der Waals surface area contributed by atoms with Crippen molar-refractivity contribution in [3.8, 4) is 17.2 Å². The number of hydrogen-bond donors (Lipinski definition) is 1. The molecule has 1 aliphatic rings. The minimum atomic E-state index is 0.275. The van der Waals surface area contributed by atoms with Gasteiger partial charge in [-0.3, -0.25) is 0 Å². The lowest BCUT2D eigenvalue weighted by molar-refractivity contribution is 0.186. The molecule has 1 fully saturated rings. The molecule has 1 aromatic carbocycles. The van der Waals surface area contributed by atoms with Gasteiger partial charge < -0.3 is 19.5 Å². The Hall–Kier alpha value is -1.42. The van der Waals surface area contributed by atoms with Crippen LogP contribution in [0.4, 0.5) is 0 Å². The highest BCUT2D eigenvalue weighted by molar-refractivity contribution is 5.42. The van der Waals surface area contributed by atoms with E-state index in [0.717, 1.165) is 49.6 Å². The predicted molar refractivity (Wildman–Crippen MR) is 70.7 cm³/mol. The molecule has 0 spiro atoms. The van der Waals surface area contributed by atoms with Gasteiger partial charge in [0.2, 0.25) is 0 Å². The van der Waals surface area contributed by atoms with E-state index in [1.807, 2.05) is 18.2 Å². The van der Waals surface area contributed by atoms with Crippen LogP contribution in [-0.2, 0) is 0 Å². The van der Waals surface area contributed by atoms with Crippen LogP contribution in [-0.4, -0.2) is 33.4 Å². The highest BCUT2D eigenvalue weighted by Crippen LogP contribution is 2.29. The van der Waals surface area contributed by atoms with Gasteiger partial charge in [-0.15, -0.1) is 0 Å². The number of hydrogen-bond acceptors (Lipinski definition) is 4. The van der Waals surface area contributed by atoms with E-state index in [4.69, 9.17) is 14.2 Å². The molecule has 1 unspecified atom stereocenters. The van der Waals surface area contributed by atoms with Crippen LogP contribution in [0.2, 0.25) is 0 Å². The molecule has 2 rings (SSSR count). The lowest BCUT2D eigenvalue weighted by Crippen LogP contribution is -2.19. The van der Waals surface area contributed by atoms with Crippen molar-refractivity contribution in [1.29, 1.82) is 0 Å². The molecule has 0 aliphatic carbocycles. The molecule has 18 heavy (non-hydrogen) atoms. The minimum Gasteiger partial charge on any atom is -0.496 e. The van der Waals surface area contributed by atoms with Crippen molar-refractivity contribution in [2.45, 2.75) is 25.4 Å². The minimum absolute atomic E-state index is 0.275. The number of rotatable bonds is 4. The lowest BCUT2D eigenvalue weighted by Gasteiger charge is -2.17. The molecule has 1 aliphatic heterocycles. The molecule has 1 N–H and O–H groups in total. The van der Waals surface area contributed by atoms with Crippen molar-refractivity contribution >= 4 is 0 Å². The average Bonchev–Trinajstić information content (AvgIpc) is 2.67. The highest BCUT2D eigenvalue weighted by atomic mass is 16.5. The second-order valence-corrected chi connectivity index (χ2v) is 4.47. The van der Waals surface area contributed by atoms with E-state index < -0.39 is 0 Å². The molecular weight excluding hydrogens is 230 g/mol. The second-order valence-electron chi connectivity index (χ2n) is 4.47. The van der Waals surface area contributed by atoms with Crippen molar-refractivity contribution in [3.05, 3.63) is 18.2 Å². The third-order valence-electron chi connectivity index (χ3n) is 3.15. The third-order valence-corrected chi connectivity index (χ3v) is 3.15. The summed E-state index contributed by atoms with van der Waals surface area (Å²) in [7, 11) is 3.29. The van der Waals surface area contributed by atoms with Gasteiger partial charge in [0, 0.05) is 18.2 Å². The summed E-state index contributed by atoms with van der Waals surface area (Å²) >= 11 is 0. The standard InChI is InChI=1S/C14H21NO3/c1-16-12-8-13(17-2)10-14(9-12)18-11-4-3-6-15-7-5-11/h8-11,15H,3-7H2,1-2H3. The average molecular weight is 251 g/mol. The summed E-state index contributed by atoms with van der Waals surface area (Å²) in [5.41, 5.74) is 0. The van der Waals surface area contributed by atoms with Gasteiger partial charge in [0.15, 0.2) is 0 Å². The Morgan fingerprint density at radius 2 is 1.61 bits per heavy atom. The van der Waals surface area contributed by atoms with Crippen molar-refractivity contribution in [2.24, 2.45) is 0 Å². The maximum absolute atomic E-state index is 6.02. The monoisotopic (exact) mass is 251 g/mol. The molecule has 0 radical (unpaired) electrons. The van der Waals surface area contributed by atoms with Crippen molar-refractivity contribution in [2.75, 3.05) is 27.3 Å². The maximum atomic E-state index is 6.02. The van der Waals surface area contributed by atoms with Gasteiger partial charge in [-0.1, -0.05) is 0 Å². The van der Waals surface area contributed by atoms with E-state index in [2.05, 4.69) is 5.32 Å². The normalized spacial score (nSPS) is 20.0. The molecule has 4 heteroatoms. The first-order chi connectivity index (χ1) is 8.81. The smallest absolute Gasteiger partial charge is 0.127 e. The van der Waals surface area contributed by atoms with Crippen LogP contribution in [0.3, 0.4) is 0 Å². The van der Waals surface area contributed by atoms with Gasteiger partial charge in [-0.25, -0.2) is 0 Å². The molecular formula is C14H21NO3. The van der Waals surface area contributed by atoms with E-state index in [-0.39, 0.29) is 6.10 Å². The Labute approximate surface area is 108 Å². The van der Waals surface area contributed by atoms with Gasteiger partial charge in [0.1, 0.15) is 17.2 Å². The zero-order valence-electron chi connectivity index (χ0n) is 11.1. The molecule has 1 atom stereocenters. The lowest BCUT2D eigenvalue weighted by atomic mass is 10.1. The summed E-state index contributed by atoms with van der Waals surface area (Å²) in [6, 6.07) is 5.66. The van der Waals surface area contributed by atoms with Crippen LogP contribution < -0.4 is 19.5 Å². The Kier molecular flexibility index (Phi) is 4.70. The molecule has 0 saturated carbocycles. The summed E-state index contributed by atoms with van der Waals surface area (Å²) < 4.78 is 16.5. The zero-order valence-corrected chi connectivity index (χ0v) is 11.1. The fraction of sp³-hybridized carbons (Fsp3) is 0.571. The predicted octanol–water partition coefficient (Wildman–Crippen LogP) is 2.22. The van der Waals surface area contributed by atoms with E-state index in [9.17, 15) is 0 Å². The van der Waals surface area contributed by atoms with E-state index in [0.29, 0.717) is 0 Å². The summed E-state index contributed by atoms with van der Waals surface area (Å²) in [5.74, 6) is 2.34. The number of nitrogens with one attached hydrogen (secondary N) is 1. The molecule has 0 amide bonds. The van der Waals surface area contributed by atoms with Crippen molar-refractivity contribution in [1.82, 2.24) is 5.32 Å². The Bertz CT molecular complexity index is 351. The number of benzene rings is 1. The summed E-state index contributed by atoms with van der Waals surface area (Å²) in [6.45, 7) is 2.10. The Morgan fingerprint density at radius 3 is 2.28 bits per heavy atom. The van der Waals surface area contributed by atoms with Gasteiger partial charge in [0.25, 0.3) is 0 Å². The molecule has 1 heterocycles. The number of ether oxygens (including phenoxy) is 3. The van der Waals surface area contributed by atoms with Gasteiger partial charge in [-0.2, -0.15) is 0 Å². The van der Waals surface area contributed by atoms with Crippen LogP contribution in [0.25, 0.3) is 0 Å². The maximum Gasteiger partial charge on any atom is 0.127 e. The van der Waals surface area contributed by atoms with Crippen molar-refractivity contribution < 1.29 is 14.2 Å². The van der Waals surface area contributed by atoms with E-state index >= 15 is 0 Å². The molecule has 1 saturated heterocycles. The quantitative estimate of drug-likeness (QED) is 0.890. The fourth-order valence-corrected chi connectivity index (χ4v) is 2.15. The SMILES string of the molecule is COc1cc(OC)cc(OC2CCCNCC2)c1. The Balaban J connectivity index is 2.06. The van der Waals surface area contributed by atoms with Crippen LogP contribution in [0.5, 0.6) is 17.2 Å². The van der Waals surface area contributed by atoms with Gasteiger partial charge >= 0.3 is 0 Å². The van der Waals surface area contributed by atoms with Gasteiger partial charge in [0.05, 0.1) is 20.3 Å². The van der Waals surface area contributed by atoms with Crippen molar-refractivity contribution in [3.63, 3.8) is 0 Å². The molecule has 100 valence electrons. The first-order valence-electron chi connectivity index (χ1n) is 6.42. The first kappa shape index (κ1) is 13.0. The van der Waals surface area contributed by atoms with E-state index in [1.165, 1.54) is 0 Å². The fourth-order valence-electron chi connectivity index (χ4n) is 2.15. The Morgan fingerprint density at radius 1 is 0.944 bits per heavy atom. The molecule has 0 bridgehead atoms. The zero-order chi connectivity index (χ0) is 12.8. The molecule has 0 aromatic heterocycles. The van der Waals surface area contributed by atoms with Crippen LogP contribution >= 0.6 is 0 Å². The largest absolute Gasteiger partial charge is 0.496 e. The summed E-state index contributed by atoms with van der Waals surface area (Å²) in [6.07, 6.45) is 3.56. The van der Waals surface area contributed by atoms with Crippen LogP contribution in [0, 0.1) is 0 Å². The van der Waals surface area contributed by atoms with Gasteiger partial charge in [-0.05, 0) is 32.4 Å². The summed E-state index contributed by atoms with van der Waals surface area (Å²) in [4.78, 5) is 0. The second kappa shape index (κ2) is 6.50. The topological polar surface area (TPSA) is 39.7 Å². The first-order valence-corrected chi connectivity index (χ1v) is 6.42. The number of methoxy groups -OCH3 is 2. The van der Waals surface area contributed by atoms with Crippen LogP contribution in [0.1, 0.15) is 19.3 Å². The summed E-state index contributed by atoms with van der Waals surface area (Å²) in [5, 5.41) is 3.38. The third kappa shape index (κ3) is 3.53.